The molecule has 0 radical (unpaired) electrons. The Bertz CT molecular complexity index is 714. The first-order valence-electron chi connectivity index (χ1n) is 9.23. The van der Waals surface area contributed by atoms with E-state index in [1.807, 2.05) is 0 Å². The van der Waals surface area contributed by atoms with Crippen molar-refractivity contribution in [3.63, 3.8) is 0 Å². The number of carboxylic acids is 1. The van der Waals surface area contributed by atoms with Crippen molar-refractivity contribution in [1.29, 1.82) is 0 Å². The quantitative estimate of drug-likeness (QED) is 0.581. The second-order valence-corrected chi connectivity index (χ2v) is 8.90. The van der Waals surface area contributed by atoms with E-state index in [9.17, 15) is 14.3 Å². The predicted molar refractivity (Wildman–Crippen MR) is 97.1 cm³/mol. The molecule has 0 aliphatic heterocycles. The molecular weight excluding hydrogens is 336 g/mol. The van der Waals surface area contributed by atoms with Gasteiger partial charge in [-0.15, -0.1) is 0 Å². The predicted octanol–water partition coefficient (Wildman–Crippen LogP) is 2.39. The zero-order valence-electron chi connectivity index (χ0n) is 15.3. The first-order valence-corrected chi connectivity index (χ1v) is 9.23. The number of hydrogen-bond acceptors (Lipinski definition) is 4. The average molecular weight is 363 g/mol. The van der Waals surface area contributed by atoms with Crippen LogP contribution < -0.4 is 5.73 Å². The van der Waals surface area contributed by atoms with Crippen molar-refractivity contribution in [2.24, 2.45) is 17.1 Å². The molecule has 7 heteroatoms. The van der Waals surface area contributed by atoms with Gasteiger partial charge in [-0.2, -0.15) is 0 Å². The van der Waals surface area contributed by atoms with E-state index < -0.39 is 24.5 Å². The molecule has 2 atom stereocenters. The number of benzene rings is 1. The molecule has 0 amide bonds. The second kappa shape index (κ2) is 6.62. The third kappa shape index (κ3) is 3.52. The molecule has 1 aromatic rings. The van der Waals surface area contributed by atoms with Gasteiger partial charge in [0.25, 0.3) is 0 Å². The van der Waals surface area contributed by atoms with Gasteiger partial charge in [0.15, 0.2) is 0 Å². The first-order chi connectivity index (χ1) is 12.0. The van der Waals surface area contributed by atoms with Crippen molar-refractivity contribution in [3.8, 4) is 0 Å². The number of fused-ring (bicyclic) bond motifs is 1. The van der Waals surface area contributed by atoms with Crippen LogP contribution in [0, 0.1) is 17.2 Å². The maximum Gasteiger partial charge on any atom is 0.451 e. The van der Waals surface area contributed by atoms with E-state index in [1.165, 1.54) is 6.07 Å². The number of aliphatic carboxylic acids is 1. The molecule has 0 heterocycles. The Kier molecular flexibility index (Phi) is 4.92. The third-order valence-corrected chi connectivity index (χ3v) is 5.95. The van der Waals surface area contributed by atoms with E-state index in [0.717, 1.165) is 5.56 Å². The van der Waals surface area contributed by atoms with Crippen molar-refractivity contribution < 1.29 is 24.3 Å². The second-order valence-electron chi connectivity index (χ2n) is 8.90. The Morgan fingerprint density at radius 3 is 2.54 bits per heavy atom. The van der Waals surface area contributed by atoms with Crippen LogP contribution in [0.1, 0.15) is 62.1 Å². The van der Waals surface area contributed by atoms with Gasteiger partial charge in [-0.3, -0.25) is 4.79 Å². The van der Waals surface area contributed by atoms with Gasteiger partial charge in [-0.25, -0.2) is 4.39 Å². The molecule has 5 N–H and O–H groups in total. The minimum absolute atomic E-state index is 0.0695. The lowest BCUT2D eigenvalue weighted by atomic mass is 9.57. The van der Waals surface area contributed by atoms with Gasteiger partial charge in [0, 0.05) is 11.1 Å². The molecule has 2 aliphatic carbocycles. The van der Waals surface area contributed by atoms with Gasteiger partial charge in [0.2, 0.25) is 0 Å². The van der Waals surface area contributed by atoms with E-state index in [2.05, 4.69) is 13.8 Å². The van der Waals surface area contributed by atoms with E-state index in [-0.39, 0.29) is 23.5 Å². The van der Waals surface area contributed by atoms with Gasteiger partial charge in [0.05, 0.1) is 5.92 Å². The monoisotopic (exact) mass is 363 g/mol. The maximum absolute atomic E-state index is 14.7. The summed E-state index contributed by atoms with van der Waals surface area (Å²) in [5.74, 6) is -2.13. The fraction of sp³-hybridized carbons (Fsp3) is 0.632. The molecule has 3 rings (SSSR count). The summed E-state index contributed by atoms with van der Waals surface area (Å²) in [6.45, 7) is 4.18. The Hall–Kier alpha value is -1.44. The highest BCUT2D eigenvalue weighted by molar-refractivity contribution is 6.40. The van der Waals surface area contributed by atoms with Gasteiger partial charge < -0.3 is 20.9 Å². The molecule has 1 fully saturated rings. The Morgan fingerprint density at radius 2 is 2.00 bits per heavy atom. The lowest BCUT2D eigenvalue weighted by Crippen LogP contribution is -2.53. The SMILES string of the molecule is CC1(C)CC(N)(c2cc3c(cc2F)C[C@H](CCCB(O)O)[C@@H]3C(=O)O)C1. The minimum atomic E-state index is -1.38. The van der Waals surface area contributed by atoms with Crippen LogP contribution in [0.2, 0.25) is 6.32 Å². The highest BCUT2D eigenvalue weighted by Gasteiger charge is 2.49. The normalized spacial score (nSPS) is 25.5. The smallest absolute Gasteiger partial charge is 0.451 e. The molecule has 1 saturated carbocycles. The summed E-state index contributed by atoms with van der Waals surface area (Å²) in [7, 11) is -1.38. The summed E-state index contributed by atoms with van der Waals surface area (Å²) in [5.41, 5.74) is 7.58. The van der Waals surface area contributed by atoms with Gasteiger partial charge in [-0.05, 0) is 66.6 Å². The highest BCUT2D eigenvalue weighted by atomic mass is 19.1. The van der Waals surface area contributed by atoms with Crippen molar-refractivity contribution in [2.45, 2.75) is 63.7 Å². The summed E-state index contributed by atoms with van der Waals surface area (Å²) < 4.78 is 14.7. The number of rotatable bonds is 6. The fourth-order valence-corrected chi connectivity index (χ4v) is 5.15. The number of carbonyl (C=O) groups is 1. The van der Waals surface area contributed by atoms with Crippen LogP contribution in [0.3, 0.4) is 0 Å². The van der Waals surface area contributed by atoms with E-state index >= 15 is 0 Å². The average Bonchev–Trinajstić information content (AvgIpc) is 2.80. The highest BCUT2D eigenvalue weighted by Crippen LogP contribution is 2.53. The van der Waals surface area contributed by atoms with Crippen LogP contribution in [0.25, 0.3) is 0 Å². The van der Waals surface area contributed by atoms with Gasteiger partial charge in [0.1, 0.15) is 5.82 Å². The maximum atomic E-state index is 14.7. The molecule has 26 heavy (non-hydrogen) atoms. The van der Waals surface area contributed by atoms with Gasteiger partial charge >= 0.3 is 13.1 Å². The molecule has 2 aliphatic rings. The topological polar surface area (TPSA) is 104 Å². The zero-order chi connectivity index (χ0) is 19.3. The zero-order valence-corrected chi connectivity index (χ0v) is 15.3. The number of hydrogen-bond donors (Lipinski definition) is 4. The van der Waals surface area contributed by atoms with Gasteiger partial charge in [-0.1, -0.05) is 20.3 Å². The number of carboxylic acid groups (broad SMARTS) is 1. The Labute approximate surface area is 153 Å². The van der Waals surface area contributed by atoms with Crippen LogP contribution in [0.5, 0.6) is 0 Å². The summed E-state index contributed by atoms with van der Waals surface area (Å²) in [6, 6.07) is 3.14. The molecular formula is C19H27BFNO4. The van der Waals surface area contributed by atoms with Crippen molar-refractivity contribution in [2.75, 3.05) is 0 Å². The molecule has 0 spiro atoms. The van der Waals surface area contributed by atoms with Crippen LogP contribution >= 0.6 is 0 Å². The van der Waals surface area contributed by atoms with E-state index in [1.54, 1.807) is 6.07 Å². The van der Waals surface area contributed by atoms with Crippen molar-refractivity contribution in [3.05, 3.63) is 34.6 Å². The third-order valence-electron chi connectivity index (χ3n) is 5.95. The minimum Gasteiger partial charge on any atom is -0.481 e. The van der Waals surface area contributed by atoms with E-state index in [4.69, 9.17) is 15.8 Å². The molecule has 0 unspecified atom stereocenters. The summed E-state index contributed by atoms with van der Waals surface area (Å²) in [6.07, 6.45) is 3.12. The summed E-state index contributed by atoms with van der Waals surface area (Å²) in [4.78, 5) is 11.9. The van der Waals surface area contributed by atoms with Crippen LogP contribution in [-0.4, -0.2) is 28.2 Å². The lowest BCUT2D eigenvalue weighted by molar-refractivity contribution is -0.139. The molecule has 0 bridgehead atoms. The van der Waals surface area contributed by atoms with Crippen molar-refractivity contribution >= 4 is 13.1 Å². The number of halogens is 1. The summed E-state index contributed by atoms with van der Waals surface area (Å²) in [5, 5.41) is 27.7. The standard InChI is InChI=1S/C19H27BFNO4/c1-18(2)9-19(22,10-18)14-8-13-12(7-15(14)21)6-11(16(13)17(23)24)4-3-5-20(25)26/h7-8,11,16,25-26H,3-6,9-10,22H2,1-2H3,(H,23,24)/t11-,16-/m0/s1. The molecule has 5 nitrogen and oxygen atoms in total. The number of nitrogens with two attached hydrogens (primary N) is 1. The van der Waals surface area contributed by atoms with Crippen molar-refractivity contribution in [1.82, 2.24) is 0 Å². The Balaban J connectivity index is 1.87. The molecule has 142 valence electrons. The summed E-state index contributed by atoms with van der Waals surface area (Å²) >= 11 is 0. The fourth-order valence-electron chi connectivity index (χ4n) is 5.15. The lowest BCUT2D eigenvalue weighted by Gasteiger charge is -2.51. The Morgan fingerprint density at radius 1 is 1.35 bits per heavy atom. The van der Waals surface area contributed by atoms with E-state index in [0.29, 0.717) is 43.2 Å². The largest absolute Gasteiger partial charge is 0.481 e. The van der Waals surface area contributed by atoms with Crippen LogP contribution in [-0.2, 0) is 16.8 Å². The molecule has 0 aromatic heterocycles. The first kappa shape index (κ1) is 19.3. The van der Waals surface area contributed by atoms with Crippen LogP contribution in [0.15, 0.2) is 12.1 Å². The van der Waals surface area contributed by atoms with Crippen LogP contribution in [0.4, 0.5) is 4.39 Å². The molecule has 1 aromatic carbocycles. The molecule has 0 saturated heterocycles.